The average Bonchev–Trinajstić information content (AvgIpc) is 3.02. The minimum Gasteiger partial charge on any atom is -0.395 e. The molecule has 0 saturated carbocycles. The van der Waals surface area contributed by atoms with Crippen molar-refractivity contribution in [2.75, 3.05) is 13.2 Å². The van der Waals surface area contributed by atoms with Gasteiger partial charge in [0.15, 0.2) is 0 Å². The summed E-state index contributed by atoms with van der Waals surface area (Å²) in [4.78, 5) is 22.0. The number of aromatic amines is 1. The van der Waals surface area contributed by atoms with Crippen molar-refractivity contribution in [1.29, 1.82) is 0 Å². The number of benzene rings is 1. The number of hydrogen-bond acceptors (Lipinski definition) is 3. The number of carbonyl (C=O) groups excluding carboxylic acids is 1. The summed E-state index contributed by atoms with van der Waals surface area (Å²) in [7, 11) is 0. The Morgan fingerprint density at radius 2 is 2.18 bits per heavy atom. The molecular formula is C17H21N3O2. The molecule has 1 heterocycles. The van der Waals surface area contributed by atoms with Gasteiger partial charge in [0.25, 0.3) is 0 Å². The Hall–Kier alpha value is -2.14. The smallest absolute Gasteiger partial charge is 0.226 e. The third-order valence-electron chi connectivity index (χ3n) is 4.23. The summed E-state index contributed by atoms with van der Waals surface area (Å²) < 4.78 is 0. The Balaban J connectivity index is 1.70. The van der Waals surface area contributed by atoms with Crippen molar-refractivity contribution < 1.29 is 9.90 Å². The van der Waals surface area contributed by atoms with Gasteiger partial charge in [0.1, 0.15) is 0 Å². The Bertz CT molecular complexity index is 624. The molecule has 1 aromatic heterocycles. The summed E-state index contributed by atoms with van der Waals surface area (Å²) >= 11 is 0. The van der Waals surface area contributed by atoms with Crippen LogP contribution in [0.25, 0.3) is 0 Å². The predicted octanol–water partition coefficient (Wildman–Crippen LogP) is 1.54. The van der Waals surface area contributed by atoms with Crippen molar-refractivity contribution >= 4 is 5.91 Å². The molecule has 1 aromatic carbocycles. The molecule has 5 nitrogen and oxygen atoms in total. The van der Waals surface area contributed by atoms with E-state index >= 15 is 0 Å². The highest BCUT2D eigenvalue weighted by Crippen LogP contribution is 2.25. The molecule has 2 N–H and O–H groups in total. The largest absolute Gasteiger partial charge is 0.395 e. The third kappa shape index (κ3) is 3.20. The lowest BCUT2D eigenvalue weighted by molar-refractivity contribution is -0.137. The van der Waals surface area contributed by atoms with E-state index in [1.165, 1.54) is 0 Å². The van der Waals surface area contributed by atoms with Crippen LogP contribution in [0.5, 0.6) is 0 Å². The number of carbonyl (C=O) groups is 1. The molecule has 1 unspecified atom stereocenters. The molecule has 5 heteroatoms. The lowest BCUT2D eigenvalue weighted by Gasteiger charge is -2.28. The highest BCUT2D eigenvalue weighted by molar-refractivity contribution is 5.79. The van der Waals surface area contributed by atoms with Gasteiger partial charge in [-0.1, -0.05) is 30.3 Å². The van der Waals surface area contributed by atoms with Crippen molar-refractivity contribution in [3.63, 3.8) is 0 Å². The number of nitrogens with one attached hydrogen (secondary N) is 1. The van der Waals surface area contributed by atoms with E-state index < -0.39 is 0 Å². The fourth-order valence-electron chi connectivity index (χ4n) is 3.06. The Morgan fingerprint density at radius 1 is 1.36 bits per heavy atom. The number of hydrogen-bond donors (Lipinski definition) is 2. The van der Waals surface area contributed by atoms with Crippen LogP contribution in [-0.4, -0.2) is 39.0 Å². The zero-order valence-electron chi connectivity index (χ0n) is 12.5. The van der Waals surface area contributed by atoms with Crippen LogP contribution in [0.15, 0.2) is 36.7 Å². The number of aromatic nitrogens is 2. The van der Waals surface area contributed by atoms with Gasteiger partial charge in [-0.05, 0) is 18.4 Å². The van der Waals surface area contributed by atoms with E-state index in [2.05, 4.69) is 9.97 Å². The molecule has 0 radical (unpaired) electrons. The number of aryl methyl sites for hydroxylation is 1. The van der Waals surface area contributed by atoms with E-state index in [-0.39, 0.29) is 18.4 Å². The van der Waals surface area contributed by atoms with Gasteiger partial charge in [0.2, 0.25) is 5.91 Å². The number of fused-ring (bicyclic) bond motifs is 1. The Labute approximate surface area is 130 Å². The quantitative estimate of drug-likeness (QED) is 0.880. The molecule has 0 spiro atoms. The third-order valence-corrected chi connectivity index (χ3v) is 4.23. The van der Waals surface area contributed by atoms with E-state index in [4.69, 9.17) is 0 Å². The minimum absolute atomic E-state index is 0.0133. The van der Waals surface area contributed by atoms with Crippen molar-refractivity contribution in [3.8, 4) is 0 Å². The van der Waals surface area contributed by atoms with Gasteiger partial charge in [-0.15, -0.1) is 0 Å². The van der Waals surface area contributed by atoms with Crippen molar-refractivity contribution in [1.82, 2.24) is 14.9 Å². The van der Waals surface area contributed by atoms with Crippen molar-refractivity contribution in [2.45, 2.75) is 25.8 Å². The first-order chi connectivity index (χ1) is 10.8. The maximum atomic E-state index is 12.8. The minimum atomic E-state index is -0.0248. The van der Waals surface area contributed by atoms with Crippen LogP contribution in [0.4, 0.5) is 0 Å². The summed E-state index contributed by atoms with van der Waals surface area (Å²) in [5.41, 5.74) is 3.25. The molecule has 1 aliphatic carbocycles. The number of H-pyrrole nitrogens is 1. The van der Waals surface area contributed by atoms with Crippen LogP contribution in [0.3, 0.4) is 0 Å². The molecule has 22 heavy (non-hydrogen) atoms. The van der Waals surface area contributed by atoms with Crippen molar-refractivity contribution in [3.05, 3.63) is 53.6 Å². The van der Waals surface area contributed by atoms with E-state index in [0.717, 1.165) is 29.8 Å². The maximum Gasteiger partial charge on any atom is 0.226 e. The van der Waals surface area contributed by atoms with Crippen LogP contribution in [0.1, 0.15) is 23.4 Å². The number of aliphatic hydroxyl groups is 1. The van der Waals surface area contributed by atoms with E-state index in [1.54, 1.807) is 11.2 Å². The number of imidazole rings is 1. The monoisotopic (exact) mass is 299 g/mol. The van der Waals surface area contributed by atoms with Gasteiger partial charge in [0, 0.05) is 31.1 Å². The SMILES string of the molecule is O=C(C1CCc2nc[nH]c2C1)N(CCO)Cc1ccccc1. The maximum absolute atomic E-state index is 12.8. The molecule has 0 fully saturated rings. The van der Waals surface area contributed by atoms with Crippen molar-refractivity contribution in [2.24, 2.45) is 5.92 Å². The molecule has 0 aliphatic heterocycles. The Kier molecular flexibility index (Phi) is 4.53. The second kappa shape index (κ2) is 6.75. The van der Waals surface area contributed by atoms with Gasteiger partial charge in [0.05, 0.1) is 18.6 Å². The first-order valence-corrected chi connectivity index (χ1v) is 7.72. The molecule has 1 amide bonds. The molecule has 0 saturated heterocycles. The molecular weight excluding hydrogens is 278 g/mol. The number of amides is 1. The van der Waals surface area contributed by atoms with Gasteiger partial charge >= 0.3 is 0 Å². The van der Waals surface area contributed by atoms with Gasteiger partial charge in [-0.3, -0.25) is 4.79 Å². The highest BCUT2D eigenvalue weighted by atomic mass is 16.3. The zero-order chi connectivity index (χ0) is 15.4. The van der Waals surface area contributed by atoms with Crippen LogP contribution in [-0.2, 0) is 24.2 Å². The van der Waals surface area contributed by atoms with Gasteiger partial charge in [-0.2, -0.15) is 0 Å². The first-order valence-electron chi connectivity index (χ1n) is 7.72. The standard InChI is InChI=1S/C17H21N3O2/c21-9-8-20(11-13-4-2-1-3-5-13)17(22)14-6-7-15-16(10-14)19-12-18-15/h1-5,12,14,21H,6-11H2,(H,18,19). The van der Waals surface area contributed by atoms with E-state index in [9.17, 15) is 9.90 Å². The second-order valence-corrected chi connectivity index (χ2v) is 5.74. The second-order valence-electron chi connectivity index (χ2n) is 5.74. The summed E-state index contributed by atoms with van der Waals surface area (Å²) in [6, 6.07) is 9.91. The van der Waals surface area contributed by atoms with Crippen LogP contribution >= 0.6 is 0 Å². The lowest BCUT2D eigenvalue weighted by atomic mass is 9.88. The lowest BCUT2D eigenvalue weighted by Crippen LogP contribution is -2.39. The predicted molar refractivity (Wildman–Crippen MR) is 83.0 cm³/mol. The molecule has 0 bridgehead atoms. The molecule has 1 aliphatic rings. The summed E-state index contributed by atoms with van der Waals surface area (Å²) in [6.45, 7) is 0.910. The molecule has 2 aromatic rings. The molecule has 3 rings (SSSR count). The zero-order valence-corrected chi connectivity index (χ0v) is 12.5. The summed E-state index contributed by atoms with van der Waals surface area (Å²) in [5, 5.41) is 9.28. The number of nitrogens with zero attached hydrogens (tertiary/aromatic N) is 2. The molecule has 116 valence electrons. The topological polar surface area (TPSA) is 69.2 Å². The van der Waals surface area contributed by atoms with E-state index in [1.807, 2.05) is 30.3 Å². The summed E-state index contributed by atoms with van der Waals surface area (Å²) in [6.07, 6.45) is 4.08. The van der Waals surface area contributed by atoms with E-state index in [0.29, 0.717) is 19.5 Å². The average molecular weight is 299 g/mol. The molecule has 1 atom stereocenters. The fraction of sp³-hybridized carbons (Fsp3) is 0.412. The normalized spacial score (nSPS) is 17.0. The first kappa shape index (κ1) is 14.8. The van der Waals surface area contributed by atoms with Gasteiger partial charge in [-0.25, -0.2) is 4.98 Å². The van der Waals surface area contributed by atoms with Crippen LogP contribution in [0, 0.1) is 5.92 Å². The fourth-order valence-corrected chi connectivity index (χ4v) is 3.06. The highest BCUT2D eigenvalue weighted by Gasteiger charge is 2.29. The number of aliphatic hydroxyl groups excluding tert-OH is 1. The van der Waals surface area contributed by atoms with Gasteiger partial charge < -0.3 is 15.0 Å². The number of rotatable bonds is 5. The summed E-state index contributed by atoms with van der Waals surface area (Å²) in [5.74, 6) is 0.0985. The van der Waals surface area contributed by atoms with Crippen LogP contribution in [0.2, 0.25) is 0 Å². The van der Waals surface area contributed by atoms with Crippen LogP contribution < -0.4 is 0 Å². The Morgan fingerprint density at radius 3 is 2.95 bits per heavy atom.